The number of halogens is 4. The first-order valence-corrected chi connectivity index (χ1v) is 7.96. The highest BCUT2D eigenvalue weighted by Crippen LogP contribution is 2.44. The van der Waals surface area contributed by atoms with E-state index in [4.69, 9.17) is 56.7 Å². The fourth-order valence-electron chi connectivity index (χ4n) is 1.91. The zero-order valence-electron chi connectivity index (χ0n) is 10.2. The molecule has 0 bridgehead atoms. The first-order valence-electron chi connectivity index (χ1n) is 5.63. The Hall–Kier alpha value is -0.910. The molecule has 2 aromatic heterocycles. The molecule has 0 radical (unpaired) electrons. The molecule has 0 atom stereocenters. The number of aromatic nitrogens is 1. The highest BCUT2D eigenvalue weighted by Gasteiger charge is 2.22. The molecule has 0 saturated heterocycles. The topological polar surface area (TPSA) is 52.0 Å². The average Bonchev–Trinajstić information content (AvgIpc) is 2.95. The summed E-state index contributed by atoms with van der Waals surface area (Å²) in [6.07, 6.45) is 0. The maximum Gasteiger partial charge on any atom is 0.179 e. The van der Waals surface area contributed by atoms with E-state index in [1.54, 1.807) is 24.3 Å². The Morgan fingerprint density at radius 1 is 1.05 bits per heavy atom. The van der Waals surface area contributed by atoms with Crippen molar-refractivity contribution < 1.29 is 4.52 Å². The second kappa shape index (κ2) is 5.71. The zero-order chi connectivity index (χ0) is 15.1. The molecule has 0 aliphatic carbocycles. The van der Waals surface area contributed by atoms with Gasteiger partial charge < -0.3 is 10.3 Å². The minimum Gasteiger partial charge on any atom is -0.380 e. The van der Waals surface area contributed by atoms with Crippen molar-refractivity contribution in [2.24, 2.45) is 0 Å². The molecule has 0 aliphatic rings. The number of thiophene rings is 1. The first kappa shape index (κ1) is 15.0. The van der Waals surface area contributed by atoms with Crippen LogP contribution < -0.4 is 5.73 Å². The molecule has 3 rings (SSSR count). The molecule has 0 amide bonds. The minimum absolute atomic E-state index is 0.238. The van der Waals surface area contributed by atoms with Crippen LogP contribution in [0.15, 0.2) is 28.8 Å². The van der Waals surface area contributed by atoms with E-state index in [1.165, 1.54) is 11.3 Å². The lowest BCUT2D eigenvalue weighted by Crippen LogP contribution is -1.89. The number of anilines is 1. The van der Waals surface area contributed by atoms with Gasteiger partial charge in [0, 0.05) is 0 Å². The molecule has 1 aromatic carbocycles. The highest BCUT2D eigenvalue weighted by molar-refractivity contribution is 7.20. The van der Waals surface area contributed by atoms with E-state index in [0.29, 0.717) is 35.6 Å². The van der Waals surface area contributed by atoms with Gasteiger partial charge in [0.2, 0.25) is 0 Å². The fourth-order valence-corrected chi connectivity index (χ4v) is 3.67. The van der Waals surface area contributed by atoms with Crippen LogP contribution in [-0.4, -0.2) is 5.16 Å². The van der Waals surface area contributed by atoms with Crippen LogP contribution in [0.3, 0.4) is 0 Å². The quantitative estimate of drug-likeness (QED) is 0.571. The van der Waals surface area contributed by atoms with Crippen molar-refractivity contribution in [3.05, 3.63) is 43.0 Å². The smallest absolute Gasteiger partial charge is 0.179 e. The summed E-state index contributed by atoms with van der Waals surface area (Å²) in [5.41, 5.74) is 7.87. The zero-order valence-corrected chi connectivity index (χ0v) is 14.0. The van der Waals surface area contributed by atoms with Gasteiger partial charge in [0.1, 0.15) is 4.34 Å². The Kier molecular flexibility index (Phi) is 4.08. The van der Waals surface area contributed by atoms with E-state index in [1.807, 2.05) is 0 Å². The van der Waals surface area contributed by atoms with Crippen molar-refractivity contribution in [2.45, 2.75) is 0 Å². The molecule has 0 aliphatic heterocycles. The fraction of sp³-hybridized carbons (Fsp3) is 0. The predicted octanol–water partition coefficient (Wildman–Crippen LogP) is 6.27. The third-order valence-corrected chi connectivity index (χ3v) is 5.05. The van der Waals surface area contributed by atoms with Gasteiger partial charge in [0.05, 0.1) is 25.5 Å². The van der Waals surface area contributed by atoms with Crippen molar-refractivity contribution in [3.63, 3.8) is 0 Å². The van der Waals surface area contributed by atoms with Gasteiger partial charge >= 0.3 is 0 Å². The van der Waals surface area contributed by atoms with E-state index in [2.05, 4.69) is 5.16 Å². The SMILES string of the molecule is Nc1noc(-c2cc(Cl)sc2Cl)c1-c1ccc(Cl)c(Cl)c1. The van der Waals surface area contributed by atoms with Gasteiger partial charge in [-0.2, -0.15) is 0 Å². The summed E-state index contributed by atoms with van der Waals surface area (Å²) < 4.78 is 6.36. The maximum absolute atomic E-state index is 6.16. The van der Waals surface area contributed by atoms with Crippen molar-refractivity contribution in [3.8, 4) is 22.5 Å². The van der Waals surface area contributed by atoms with E-state index in [-0.39, 0.29) is 5.82 Å². The van der Waals surface area contributed by atoms with E-state index in [9.17, 15) is 0 Å². The molecule has 108 valence electrons. The second-order valence-corrected chi connectivity index (χ2v) is 7.24. The molecule has 2 heterocycles. The number of hydrogen-bond donors (Lipinski definition) is 1. The predicted molar refractivity (Wildman–Crippen MR) is 89.7 cm³/mol. The van der Waals surface area contributed by atoms with Crippen molar-refractivity contribution in [1.29, 1.82) is 0 Å². The van der Waals surface area contributed by atoms with Crippen LogP contribution in [0.1, 0.15) is 0 Å². The number of nitrogens with two attached hydrogens (primary N) is 1. The van der Waals surface area contributed by atoms with Gasteiger partial charge in [0.15, 0.2) is 11.6 Å². The summed E-state index contributed by atoms with van der Waals surface area (Å²) >= 11 is 25.3. The first-order chi connectivity index (χ1) is 9.97. The van der Waals surface area contributed by atoms with Gasteiger partial charge in [-0.15, -0.1) is 11.3 Å². The van der Waals surface area contributed by atoms with Crippen LogP contribution in [0.4, 0.5) is 5.82 Å². The van der Waals surface area contributed by atoms with Crippen LogP contribution in [0.2, 0.25) is 18.7 Å². The Balaban J connectivity index is 2.21. The summed E-state index contributed by atoms with van der Waals surface area (Å²) in [4.78, 5) is 0. The molecule has 3 nitrogen and oxygen atoms in total. The number of nitrogen functional groups attached to an aromatic ring is 1. The molecular formula is C13H6Cl4N2OS. The molecule has 2 N–H and O–H groups in total. The van der Waals surface area contributed by atoms with Gasteiger partial charge in [-0.3, -0.25) is 0 Å². The van der Waals surface area contributed by atoms with Gasteiger partial charge in [-0.1, -0.05) is 57.6 Å². The Morgan fingerprint density at radius 2 is 1.81 bits per heavy atom. The molecule has 21 heavy (non-hydrogen) atoms. The largest absolute Gasteiger partial charge is 0.380 e. The lowest BCUT2D eigenvalue weighted by molar-refractivity contribution is 0.436. The van der Waals surface area contributed by atoms with Crippen LogP contribution in [-0.2, 0) is 0 Å². The molecule has 0 fully saturated rings. The normalized spacial score (nSPS) is 11.0. The summed E-state index contributed by atoms with van der Waals surface area (Å²) in [7, 11) is 0. The molecule has 0 spiro atoms. The molecular weight excluding hydrogens is 374 g/mol. The molecule has 3 aromatic rings. The second-order valence-electron chi connectivity index (χ2n) is 4.14. The number of rotatable bonds is 2. The van der Waals surface area contributed by atoms with Crippen molar-refractivity contribution >= 4 is 63.6 Å². The standard InChI is InChI=1S/C13H6Cl4N2OS/c14-7-2-1-5(3-8(7)15)10-11(20-19-13(10)18)6-4-9(16)21-12(6)17/h1-4H,(H2,18,19). The number of benzene rings is 1. The lowest BCUT2D eigenvalue weighted by atomic mass is 10.0. The maximum atomic E-state index is 6.16. The summed E-state index contributed by atoms with van der Waals surface area (Å²) in [5, 5.41) is 4.67. The summed E-state index contributed by atoms with van der Waals surface area (Å²) in [6, 6.07) is 6.85. The van der Waals surface area contributed by atoms with E-state index < -0.39 is 0 Å². The Labute approximate surface area is 144 Å². The number of nitrogens with zero attached hydrogens (tertiary/aromatic N) is 1. The highest BCUT2D eigenvalue weighted by atomic mass is 35.5. The molecule has 8 heteroatoms. The number of hydrogen-bond acceptors (Lipinski definition) is 4. The van der Waals surface area contributed by atoms with Gasteiger partial charge in [0.25, 0.3) is 0 Å². The van der Waals surface area contributed by atoms with Gasteiger partial charge in [-0.05, 0) is 23.8 Å². The van der Waals surface area contributed by atoms with Crippen molar-refractivity contribution in [1.82, 2.24) is 5.16 Å². The van der Waals surface area contributed by atoms with E-state index in [0.717, 1.165) is 5.56 Å². The van der Waals surface area contributed by atoms with Gasteiger partial charge in [-0.25, -0.2) is 0 Å². The van der Waals surface area contributed by atoms with Crippen LogP contribution >= 0.6 is 57.7 Å². The third kappa shape index (κ3) is 2.74. The molecule has 0 saturated carbocycles. The van der Waals surface area contributed by atoms with Crippen molar-refractivity contribution in [2.75, 3.05) is 5.73 Å². The Morgan fingerprint density at radius 3 is 2.43 bits per heavy atom. The molecule has 0 unspecified atom stereocenters. The average molecular weight is 380 g/mol. The Bertz CT molecular complexity index is 828. The summed E-state index contributed by atoms with van der Waals surface area (Å²) in [6.45, 7) is 0. The summed E-state index contributed by atoms with van der Waals surface area (Å²) in [5.74, 6) is 0.681. The van der Waals surface area contributed by atoms with Crippen LogP contribution in [0.5, 0.6) is 0 Å². The lowest BCUT2D eigenvalue weighted by Gasteiger charge is -2.04. The van der Waals surface area contributed by atoms with Crippen LogP contribution in [0, 0.1) is 0 Å². The monoisotopic (exact) mass is 378 g/mol. The van der Waals surface area contributed by atoms with E-state index >= 15 is 0 Å². The van der Waals surface area contributed by atoms with Crippen LogP contribution in [0.25, 0.3) is 22.5 Å². The minimum atomic E-state index is 0.238. The third-order valence-electron chi connectivity index (χ3n) is 2.83.